The molecule has 2 N–H and O–H groups in total. The Balaban J connectivity index is 0.00000180. The normalized spacial score (nSPS) is 17.6. The average molecular weight is 534 g/mol. The lowest BCUT2D eigenvalue weighted by Crippen LogP contribution is -2.25. The van der Waals surface area contributed by atoms with E-state index in [1.54, 1.807) is 18.3 Å². The van der Waals surface area contributed by atoms with E-state index in [0.717, 1.165) is 36.2 Å². The molecule has 2 aliphatic heterocycles. The van der Waals surface area contributed by atoms with Crippen LogP contribution in [0.15, 0.2) is 42.7 Å². The van der Waals surface area contributed by atoms with Crippen molar-refractivity contribution in [3.63, 3.8) is 0 Å². The topological polar surface area (TPSA) is 71.8 Å². The molecular formula is C26H27Cl2F2N5O. The van der Waals surface area contributed by atoms with Gasteiger partial charge in [0.25, 0.3) is 11.8 Å². The quantitative estimate of drug-likeness (QED) is 0.462. The van der Waals surface area contributed by atoms with Gasteiger partial charge in [-0.25, -0.2) is 0 Å². The van der Waals surface area contributed by atoms with Crippen LogP contribution in [-0.2, 0) is 12.5 Å². The molecule has 0 bridgehead atoms. The summed E-state index contributed by atoms with van der Waals surface area (Å²) in [5.74, 6) is 3.54. The molecule has 6 nitrogen and oxygen atoms in total. The van der Waals surface area contributed by atoms with Gasteiger partial charge in [0, 0.05) is 54.7 Å². The summed E-state index contributed by atoms with van der Waals surface area (Å²) < 4.78 is 29.5. The molecule has 2 aliphatic rings. The van der Waals surface area contributed by atoms with Gasteiger partial charge in [0.1, 0.15) is 5.69 Å². The highest BCUT2D eigenvalue weighted by molar-refractivity contribution is 6.04. The van der Waals surface area contributed by atoms with Gasteiger partial charge in [-0.3, -0.25) is 14.5 Å². The summed E-state index contributed by atoms with van der Waals surface area (Å²) in [5.41, 5.74) is 3.88. The zero-order valence-corrected chi connectivity index (χ0v) is 21.3. The molecule has 0 saturated carbocycles. The number of pyridine rings is 1. The van der Waals surface area contributed by atoms with Crippen LogP contribution in [-0.4, -0.2) is 33.8 Å². The monoisotopic (exact) mass is 533 g/mol. The molecule has 2 aromatic heterocycles. The Hall–Kier alpha value is -2.99. The maximum absolute atomic E-state index is 14.1. The Bertz CT molecular complexity index is 1310. The number of nitrogens with zero attached hydrogens (tertiary/aromatic N) is 3. The number of aryl methyl sites for hydroxylation is 2. The lowest BCUT2D eigenvalue weighted by Gasteiger charge is -2.22. The summed E-state index contributed by atoms with van der Waals surface area (Å²) in [5, 5.41) is 10.1. The fourth-order valence-electron chi connectivity index (χ4n) is 4.44. The van der Waals surface area contributed by atoms with Gasteiger partial charge in [-0.1, -0.05) is 17.9 Å². The molecule has 1 aromatic carbocycles. The van der Waals surface area contributed by atoms with Crippen LogP contribution in [0, 0.1) is 18.8 Å². The summed E-state index contributed by atoms with van der Waals surface area (Å²) in [6.07, 6.45) is 4.86. The van der Waals surface area contributed by atoms with Crippen molar-refractivity contribution in [2.75, 3.05) is 18.4 Å². The van der Waals surface area contributed by atoms with Gasteiger partial charge in [-0.05, 0) is 61.6 Å². The van der Waals surface area contributed by atoms with Crippen molar-refractivity contribution in [1.29, 1.82) is 0 Å². The van der Waals surface area contributed by atoms with Crippen molar-refractivity contribution in [3.05, 3.63) is 76.2 Å². The summed E-state index contributed by atoms with van der Waals surface area (Å²) in [4.78, 5) is 17.1. The van der Waals surface area contributed by atoms with E-state index in [0.29, 0.717) is 24.4 Å². The van der Waals surface area contributed by atoms with Crippen molar-refractivity contribution in [3.8, 4) is 11.8 Å². The van der Waals surface area contributed by atoms with E-state index in [4.69, 9.17) is 0 Å². The van der Waals surface area contributed by atoms with Crippen molar-refractivity contribution < 1.29 is 13.6 Å². The maximum Gasteiger partial charge on any atom is 0.289 e. The highest BCUT2D eigenvalue weighted by Crippen LogP contribution is 2.37. The molecular weight excluding hydrogens is 507 g/mol. The highest BCUT2D eigenvalue weighted by atomic mass is 35.5. The Kier molecular flexibility index (Phi) is 8.72. The standard InChI is InChI=1S/C26H25F2N5O.2ClH/c1-17-3-5-20(25(34)31-24-13-23-26(27,28)8-2-10-33(23)32-24)12-19(17)6-4-18-11-22(16-30-14-18)21-7-9-29-15-21;;/h3,5,11-14,16,21,29H,2,7-10,15H2,1H3,(H,31,32,34);2*1H. The van der Waals surface area contributed by atoms with Crippen molar-refractivity contribution in [1.82, 2.24) is 20.1 Å². The first-order valence-electron chi connectivity index (χ1n) is 11.4. The minimum absolute atomic E-state index is 0. The molecule has 1 amide bonds. The zero-order chi connectivity index (χ0) is 23.7. The zero-order valence-electron chi connectivity index (χ0n) is 19.7. The number of fused-ring (bicyclic) bond motifs is 1. The number of halogens is 4. The molecule has 1 unspecified atom stereocenters. The van der Waals surface area contributed by atoms with Crippen LogP contribution >= 0.6 is 24.8 Å². The second kappa shape index (κ2) is 11.4. The van der Waals surface area contributed by atoms with Crippen molar-refractivity contribution in [2.45, 2.75) is 44.6 Å². The van der Waals surface area contributed by atoms with Crippen LogP contribution in [0.4, 0.5) is 14.6 Å². The fourth-order valence-corrected chi connectivity index (χ4v) is 4.44. The molecule has 190 valence electrons. The van der Waals surface area contributed by atoms with Gasteiger partial charge in [0.15, 0.2) is 5.82 Å². The lowest BCUT2D eigenvalue weighted by atomic mass is 9.99. The van der Waals surface area contributed by atoms with Crippen LogP contribution < -0.4 is 10.6 Å². The number of carbonyl (C=O) groups is 1. The molecule has 3 aromatic rings. The first-order valence-corrected chi connectivity index (χ1v) is 11.4. The number of anilines is 1. The number of carbonyl (C=O) groups excluding carboxylic acids is 1. The second-order valence-electron chi connectivity index (χ2n) is 8.88. The minimum atomic E-state index is -2.93. The summed E-state index contributed by atoms with van der Waals surface area (Å²) >= 11 is 0. The molecule has 1 fully saturated rings. The molecule has 36 heavy (non-hydrogen) atoms. The van der Waals surface area contributed by atoms with Crippen LogP contribution in [0.25, 0.3) is 0 Å². The lowest BCUT2D eigenvalue weighted by molar-refractivity contribution is -0.0364. The summed E-state index contributed by atoms with van der Waals surface area (Å²) in [7, 11) is 0. The molecule has 1 atom stereocenters. The Morgan fingerprint density at radius 2 is 2.03 bits per heavy atom. The predicted molar refractivity (Wildman–Crippen MR) is 139 cm³/mol. The molecule has 1 saturated heterocycles. The first-order chi connectivity index (χ1) is 16.4. The smallest absolute Gasteiger partial charge is 0.289 e. The van der Waals surface area contributed by atoms with E-state index in [1.165, 1.54) is 16.3 Å². The van der Waals surface area contributed by atoms with E-state index in [9.17, 15) is 13.6 Å². The molecule has 0 aliphatic carbocycles. The second-order valence-corrected chi connectivity index (χ2v) is 8.88. The van der Waals surface area contributed by atoms with Gasteiger partial charge < -0.3 is 10.6 Å². The predicted octanol–water partition coefficient (Wildman–Crippen LogP) is 5.04. The maximum atomic E-state index is 14.1. The Labute approximate surface area is 221 Å². The number of rotatable bonds is 3. The third-order valence-electron chi connectivity index (χ3n) is 6.39. The molecule has 0 radical (unpaired) electrons. The number of nitrogens with one attached hydrogen (secondary N) is 2. The van der Waals surface area contributed by atoms with Crippen LogP contribution in [0.5, 0.6) is 0 Å². The third-order valence-corrected chi connectivity index (χ3v) is 6.39. The minimum Gasteiger partial charge on any atom is -0.316 e. The third kappa shape index (κ3) is 5.86. The molecule has 10 heteroatoms. The van der Waals surface area contributed by atoms with Gasteiger partial charge in [0.2, 0.25) is 0 Å². The number of amides is 1. The van der Waals surface area contributed by atoms with E-state index >= 15 is 0 Å². The van der Waals surface area contributed by atoms with Crippen molar-refractivity contribution >= 4 is 36.5 Å². The van der Waals surface area contributed by atoms with Crippen LogP contribution in [0.3, 0.4) is 0 Å². The van der Waals surface area contributed by atoms with Gasteiger partial charge in [-0.15, -0.1) is 24.8 Å². The van der Waals surface area contributed by atoms with E-state index in [1.807, 2.05) is 19.2 Å². The number of aromatic nitrogens is 3. The van der Waals surface area contributed by atoms with Gasteiger partial charge in [-0.2, -0.15) is 13.9 Å². The number of alkyl halides is 2. The van der Waals surface area contributed by atoms with Crippen molar-refractivity contribution in [2.24, 2.45) is 0 Å². The van der Waals surface area contributed by atoms with Crippen LogP contribution in [0.2, 0.25) is 0 Å². The fraction of sp³-hybridized carbons (Fsp3) is 0.346. The Morgan fingerprint density at radius 3 is 2.78 bits per heavy atom. The summed E-state index contributed by atoms with van der Waals surface area (Å²) in [6, 6.07) is 8.55. The summed E-state index contributed by atoms with van der Waals surface area (Å²) in [6.45, 7) is 4.30. The number of hydrogen-bond acceptors (Lipinski definition) is 4. The Morgan fingerprint density at radius 1 is 1.19 bits per heavy atom. The SMILES string of the molecule is Cc1ccc(C(=O)Nc2cc3n(n2)CCCC3(F)F)cc1C#Cc1cncc(C2CCNC2)c1.Cl.Cl. The molecule has 0 spiro atoms. The average Bonchev–Trinajstić information content (AvgIpc) is 3.49. The number of hydrogen-bond donors (Lipinski definition) is 2. The van der Waals surface area contributed by atoms with E-state index in [-0.39, 0.29) is 42.7 Å². The largest absolute Gasteiger partial charge is 0.316 e. The first kappa shape index (κ1) is 27.6. The van der Waals surface area contributed by atoms with Gasteiger partial charge >= 0.3 is 0 Å². The van der Waals surface area contributed by atoms with Crippen LogP contribution in [0.1, 0.15) is 63.5 Å². The van der Waals surface area contributed by atoms with Gasteiger partial charge in [0.05, 0.1) is 0 Å². The molecule has 4 heterocycles. The van der Waals surface area contributed by atoms with E-state index < -0.39 is 11.8 Å². The highest BCUT2D eigenvalue weighted by Gasteiger charge is 2.38. The molecule has 5 rings (SSSR count). The number of benzene rings is 1. The van der Waals surface area contributed by atoms with E-state index in [2.05, 4.69) is 38.6 Å².